The fourth-order valence-corrected chi connectivity index (χ4v) is 2.49. The second kappa shape index (κ2) is 8.22. The number of carbonyl (C=O) groups is 1. The van der Waals surface area contributed by atoms with Gasteiger partial charge in [0.2, 0.25) is 0 Å². The lowest BCUT2D eigenvalue weighted by molar-refractivity contribution is 0.242. The number of hydrogen-bond acceptors (Lipinski definition) is 2. The van der Waals surface area contributed by atoms with Crippen LogP contribution in [0.4, 0.5) is 10.5 Å². The van der Waals surface area contributed by atoms with Gasteiger partial charge in [0, 0.05) is 12.2 Å². The van der Waals surface area contributed by atoms with E-state index >= 15 is 0 Å². The molecule has 0 saturated carbocycles. The number of ether oxygens (including phenoxy) is 1. The standard InChI is InChI=1S/C19H24N2O2/c1-4-21(17-8-6-5-7-9-17)19(22)20-10-11-23-18-13-15(2)12-16(3)14-18/h5-9,12-14H,4,10-11H2,1-3H3,(H,20,22). The van der Waals surface area contributed by atoms with E-state index in [4.69, 9.17) is 4.74 Å². The molecule has 122 valence electrons. The van der Waals surface area contributed by atoms with Gasteiger partial charge in [0.05, 0.1) is 6.54 Å². The average molecular weight is 312 g/mol. The molecule has 0 aliphatic carbocycles. The number of para-hydroxylation sites is 1. The van der Waals surface area contributed by atoms with E-state index in [0.29, 0.717) is 19.7 Å². The van der Waals surface area contributed by atoms with Crippen LogP contribution in [0.3, 0.4) is 0 Å². The molecule has 23 heavy (non-hydrogen) atoms. The maximum Gasteiger partial charge on any atom is 0.321 e. The topological polar surface area (TPSA) is 41.6 Å². The van der Waals surface area contributed by atoms with E-state index in [0.717, 1.165) is 11.4 Å². The summed E-state index contributed by atoms with van der Waals surface area (Å²) >= 11 is 0. The number of urea groups is 1. The molecule has 1 N–H and O–H groups in total. The lowest BCUT2D eigenvalue weighted by Crippen LogP contribution is -2.41. The highest BCUT2D eigenvalue weighted by Crippen LogP contribution is 2.16. The molecule has 2 rings (SSSR count). The van der Waals surface area contributed by atoms with Crippen molar-refractivity contribution in [2.45, 2.75) is 20.8 Å². The monoisotopic (exact) mass is 312 g/mol. The van der Waals surface area contributed by atoms with Crippen LogP contribution in [0.15, 0.2) is 48.5 Å². The first-order chi connectivity index (χ1) is 11.1. The van der Waals surface area contributed by atoms with E-state index in [9.17, 15) is 4.79 Å². The van der Waals surface area contributed by atoms with Crippen molar-refractivity contribution in [3.63, 3.8) is 0 Å². The van der Waals surface area contributed by atoms with Crippen LogP contribution in [-0.4, -0.2) is 25.7 Å². The van der Waals surface area contributed by atoms with E-state index < -0.39 is 0 Å². The highest BCUT2D eigenvalue weighted by Gasteiger charge is 2.12. The van der Waals surface area contributed by atoms with E-state index in [1.54, 1.807) is 4.90 Å². The summed E-state index contributed by atoms with van der Waals surface area (Å²) in [4.78, 5) is 14.0. The number of carbonyl (C=O) groups excluding carboxylic acids is 1. The van der Waals surface area contributed by atoms with Crippen LogP contribution in [0.2, 0.25) is 0 Å². The number of nitrogens with one attached hydrogen (secondary N) is 1. The zero-order chi connectivity index (χ0) is 16.7. The smallest absolute Gasteiger partial charge is 0.321 e. The first-order valence-corrected chi connectivity index (χ1v) is 7.91. The van der Waals surface area contributed by atoms with Gasteiger partial charge < -0.3 is 10.1 Å². The van der Waals surface area contributed by atoms with Gasteiger partial charge in [-0.25, -0.2) is 4.79 Å². The molecule has 2 aromatic rings. The second-order valence-electron chi connectivity index (χ2n) is 5.48. The van der Waals surface area contributed by atoms with Crippen molar-refractivity contribution < 1.29 is 9.53 Å². The van der Waals surface area contributed by atoms with Crippen molar-refractivity contribution in [2.75, 3.05) is 24.6 Å². The second-order valence-corrected chi connectivity index (χ2v) is 5.48. The van der Waals surface area contributed by atoms with Gasteiger partial charge >= 0.3 is 6.03 Å². The fourth-order valence-electron chi connectivity index (χ4n) is 2.49. The normalized spacial score (nSPS) is 10.2. The van der Waals surface area contributed by atoms with Crippen molar-refractivity contribution in [1.29, 1.82) is 0 Å². The van der Waals surface area contributed by atoms with Gasteiger partial charge in [-0.2, -0.15) is 0 Å². The highest BCUT2D eigenvalue weighted by atomic mass is 16.5. The third-order valence-electron chi connectivity index (χ3n) is 3.47. The molecule has 0 bridgehead atoms. The Balaban J connectivity index is 1.82. The maximum absolute atomic E-state index is 12.3. The van der Waals surface area contributed by atoms with E-state index in [-0.39, 0.29) is 6.03 Å². The van der Waals surface area contributed by atoms with Gasteiger partial charge in [-0.3, -0.25) is 4.90 Å². The zero-order valence-corrected chi connectivity index (χ0v) is 14.0. The van der Waals surface area contributed by atoms with Crippen LogP contribution in [0.25, 0.3) is 0 Å². The molecular weight excluding hydrogens is 288 g/mol. The van der Waals surface area contributed by atoms with Gasteiger partial charge in [0.25, 0.3) is 0 Å². The first-order valence-electron chi connectivity index (χ1n) is 7.91. The van der Waals surface area contributed by atoms with Crippen LogP contribution in [0.1, 0.15) is 18.1 Å². The number of rotatable bonds is 6. The average Bonchev–Trinajstić information content (AvgIpc) is 2.52. The van der Waals surface area contributed by atoms with Gasteiger partial charge in [0.1, 0.15) is 12.4 Å². The molecule has 0 fully saturated rings. The van der Waals surface area contributed by atoms with E-state index in [1.807, 2.05) is 63.2 Å². The van der Waals surface area contributed by atoms with Crippen LogP contribution in [-0.2, 0) is 0 Å². The van der Waals surface area contributed by atoms with Gasteiger partial charge in [-0.1, -0.05) is 24.3 Å². The predicted molar refractivity (Wildman–Crippen MR) is 94.3 cm³/mol. The van der Waals surface area contributed by atoms with Crippen molar-refractivity contribution >= 4 is 11.7 Å². The summed E-state index contributed by atoms with van der Waals surface area (Å²) in [6, 6.07) is 15.6. The lowest BCUT2D eigenvalue weighted by atomic mass is 10.1. The zero-order valence-electron chi connectivity index (χ0n) is 14.0. The van der Waals surface area contributed by atoms with Crippen LogP contribution < -0.4 is 15.0 Å². The van der Waals surface area contributed by atoms with Crippen molar-refractivity contribution in [1.82, 2.24) is 5.32 Å². The van der Waals surface area contributed by atoms with Gasteiger partial charge in [0.15, 0.2) is 0 Å². The number of nitrogens with zero attached hydrogens (tertiary/aromatic N) is 1. The third-order valence-corrected chi connectivity index (χ3v) is 3.47. The summed E-state index contributed by atoms with van der Waals surface area (Å²) in [5.41, 5.74) is 3.23. The molecule has 0 aromatic heterocycles. The summed E-state index contributed by atoms with van der Waals surface area (Å²) in [6.07, 6.45) is 0. The quantitative estimate of drug-likeness (QED) is 0.821. The third kappa shape index (κ3) is 5.02. The summed E-state index contributed by atoms with van der Waals surface area (Å²) in [5.74, 6) is 0.840. The Morgan fingerprint density at radius 2 is 1.74 bits per heavy atom. The number of aryl methyl sites for hydroxylation is 2. The molecule has 0 heterocycles. The fraction of sp³-hybridized carbons (Fsp3) is 0.316. The summed E-state index contributed by atoms with van der Waals surface area (Å²) < 4.78 is 5.70. The summed E-state index contributed by atoms with van der Waals surface area (Å²) in [7, 11) is 0. The Morgan fingerprint density at radius 1 is 1.09 bits per heavy atom. The van der Waals surface area contributed by atoms with Crippen molar-refractivity contribution in [3.05, 3.63) is 59.7 Å². The number of anilines is 1. The minimum atomic E-state index is -0.109. The Kier molecular flexibility index (Phi) is 6.03. The Labute approximate surface area is 138 Å². The lowest BCUT2D eigenvalue weighted by Gasteiger charge is -2.21. The van der Waals surface area contributed by atoms with Gasteiger partial charge in [-0.05, 0) is 56.2 Å². The molecule has 4 nitrogen and oxygen atoms in total. The molecule has 0 unspecified atom stereocenters. The molecule has 0 atom stereocenters. The molecule has 0 radical (unpaired) electrons. The molecule has 2 amide bonds. The van der Waals surface area contributed by atoms with Crippen molar-refractivity contribution in [3.8, 4) is 5.75 Å². The predicted octanol–water partition coefficient (Wildman–Crippen LogP) is 3.92. The molecule has 0 spiro atoms. The first kappa shape index (κ1) is 16.9. The number of benzene rings is 2. The molecule has 0 saturated heterocycles. The minimum Gasteiger partial charge on any atom is -0.492 e. The maximum atomic E-state index is 12.3. The van der Waals surface area contributed by atoms with Crippen LogP contribution in [0, 0.1) is 13.8 Å². The van der Waals surface area contributed by atoms with Crippen LogP contribution >= 0.6 is 0 Å². The largest absolute Gasteiger partial charge is 0.492 e. The van der Waals surface area contributed by atoms with Crippen LogP contribution in [0.5, 0.6) is 5.75 Å². The number of hydrogen-bond donors (Lipinski definition) is 1. The van der Waals surface area contributed by atoms with E-state index in [2.05, 4.69) is 11.4 Å². The molecular formula is C19H24N2O2. The molecule has 2 aromatic carbocycles. The molecule has 4 heteroatoms. The van der Waals surface area contributed by atoms with E-state index in [1.165, 1.54) is 11.1 Å². The van der Waals surface area contributed by atoms with Crippen molar-refractivity contribution in [2.24, 2.45) is 0 Å². The minimum absolute atomic E-state index is 0.109. The molecule has 0 aliphatic heterocycles. The molecule has 0 aliphatic rings. The SMILES string of the molecule is CCN(C(=O)NCCOc1cc(C)cc(C)c1)c1ccccc1. The van der Waals surface area contributed by atoms with Gasteiger partial charge in [-0.15, -0.1) is 0 Å². The Hall–Kier alpha value is -2.49. The summed E-state index contributed by atoms with van der Waals surface area (Å²) in [6.45, 7) is 7.57. The highest BCUT2D eigenvalue weighted by molar-refractivity contribution is 5.91. The Morgan fingerprint density at radius 3 is 2.35 bits per heavy atom. The number of amides is 2. The summed E-state index contributed by atoms with van der Waals surface area (Å²) in [5, 5.41) is 2.89. The Bertz CT molecular complexity index is 621.